The summed E-state index contributed by atoms with van der Waals surface area (Å²) in [7, 11) is 0. The first kappa shape index (κ1) is 14.3. The first-order chi connectivity index (χ1) is 9.19. The molecule has 1 aromatic carbocycles. The molecule has 0 heterocycles. The summed E-state index contributed by atoms with van der Waals surface area (Å²) in [6, 6.07) is 5.69. The summed E-state index contributed by atoms with van der Waals surface area (Å²) in [4.78, 5) is 4.53. The van der Waals surface area contributed by atoms with Crippen molar-refractivity contribution in [1.82, 2.24) is 10.6 Å². The van der Waals surface area contributed by atoms with E-state index in [0.717, 1.165) is 24.5 Å². The van der Waals surface area contributed by atoms with Gasteiger partial charge in [-0.2, -0.15) is 0 Å². The summed E-state index contributed by atoms with van der Waals surface area (Å²) in [5.41, 5.74) is 1.08. The molecule has 3 nitrogen and oxygen atoms in total. The minimum absolute atomic E-state index is 0.226. The van der Waals surface area contributed by atoms with Gasteiger partial charge in [-0.25, -0.2) is 4.39 Å². The van der Waals surface area contributed by atoms with Gasteiger partial charge in [-0.3, -0.25) is 4.99 Å². The standard InChI is InChI=1S/C14H19BrFN3/c1-2-17-14(19-11-4-5-11)18-8-7-10-3-6-13(16)12(15)9-10/h3,6,9,11H,2,4-5,7-8H2,1H3,(H2,17,18,19). The first-order valence-electron chi connectivity index (χ1n) is 6.68. The van der Waals surface area contributed by atoms with Crippen molar-refractivity contribution in [2.45, 2.75) is 32.2 Å². The predicted octanol–water partition coefficient (Wildman–Crippen LogP) is 2.85. The molecular formula is C14H19BrFN3. The van der Waals surface area contributed by atoms with Gasteiger partial charge in [0.05, 0.1) is 4.47 Å². The second-order valence-corrected chi connectivity index (χ2v) is 5.53. The van der Waals surface area contributed by atoms with Gasteiger partial charge in [-0.1, -0.05) is 6.07 Å². The summed E-state index contributed by atoms with van der Waals surface area (Å²) in [6.07, 6.45) is 3.27. The zero-order valence-electron chi connectivity index (χ0n) is 11.0. The molecule has 2 rings (SSSR count). The smallest absolute Gasteiger partial charge is 0.191 e. The van der Waals surface area contributed by atoms with Crippen molar-refractivity contribution in [3.8, 4) is 0 Å². The van der Waals surface area contributed by atoms with Crippen LogP contribution in [0.15, 0.2) is 27.7 Å². The van der Waals surface area contributed by atoms with Crippen LogP contribution in [0, 0.1) is 5.82 Å². The van der Waals surface area contributed by atoms with Gasteiger partial charge in [0.2, 0.25) is 0 Å². The Bertz CT molecular complexity index is 458. The Morgan fingerprint density at radius 1 is 1.47 bits per heavy atom. The molecule has 0 radical (unpaired) electrons. The maximum absolute atomic E-state index is 13.1. The van der Waals surface area contributed by atoms with E-state index in [1.807, 2.05) is 6.07 Å². The number of hydrogen-bond acceptors (Lipinski definition) is 1. The highest BCUT2D eigenvalue weighted by molar-refractivity contribution is 9.10. The Balaban J connectivity index is 1.86. The third kappa shape index (κ3) is 4.82. The fourth-order valence-corrected chi connectivity index (χ4v) is 2.16. The van der Waals surface area contributed by atoms with Crippen LogP contribution in [-0.2, 0) is 6.42 Å². The Labute approximate surface area is 121 Å². The lowest BCUT2D eigenvalue weighted by atomic mass is 10.1. The molecule has 1 fully saturated rings. The van der Waals surface area contributed by atoms with Crippen molar-refractivity contribution in [2.75, 3.05) is 13.1 Å². The number of nitrogens with one attached hydrogen (secondary N) is 2. The molecule has 1 saturated carbocycles. The molecule has 104 valence electrons. The van der Waals surface area contributed by atoms with Gasteiger partial charge < -0.3 is 10.6 Å². The van der Waals surface area contributed by atoms with Crippen LogP contribution in [0.2, 0.25) is 0 Å². The molecule has 1 aromatic rings. The number of rotatable bonds is 5. The molecule has 5 heteroatoms. The lowest BCUT2D eigenvalue weighted by Gasteiger charge is -2.10. The highest BCUT2D eigenvalue weighted by Gasteiger charge is 2.21. The molecular weight excluding hydrogens is 309 g/mol. The van der Waals surface area contributed by atoms with Crippen LogP contribution in [0.3, 0.4) is 0 Å². The molecule has 2 N–H and O–H groups in total. The highest BCUT2D eigenvalue weighted by atomic mass is 79.9. The minimum Gasteiger partial charge on any atom is -0.357 e. The quantitative estimate of drug-likeness (QED) is 0.644. The van der Waals surface area contributed by atoms with Gasteiger partial charge in [0.15, 0.2) is 5.96 Å². The maximum Gasteiger partial charge on any atom is 0.191 e. The number of nitrogens with zero attached hydrogens (tertiary/aromatic N) is 1. The summed E-state index contributed by atoms with van der Waals surface area (Å²) < 4.78 is 13.6. The Hall–Kier alpha value is -1.10. The second-order valence-electron chi connectivity index (χ2n) is 4.68. The minimum atomic E-state index is -0.226. The van der Waals surface area contributed by atoms with Crippen LogP contribution < -0.4 is 10.6 Å². The van der Waals surface area contributed by atoms with E-state index in [2.05, 4.69) is 38.5 Å². The number of hydrogen-bond donors (Lipinski definition) is 2. The average Bonchev–Trinajstić information content (AvgIpc) is 3.18. The summed E-state index contributed by atoms with van der Waals surface area (Å²) in [5.74, 6) is 0.655. The number of guanidine groups is 1. The first-order valence-corrected chi connectivity index (χ1v) is 7.47. The molecule has 0 saturated heterocycles. The zero-order valence-corrected chi connectivity index (χ0v) is 12.6. The van der Waals surface area contributed by atoms with Gasteiger partial charge in [-0.15, -0.1) is 0 Å². The third-order valence-electron chi connectivity index (χ3n) is 2.92. The molecule has 19 heavy (non-hydrogen) atoms. The van der Waals surface area contributed by atoms with Gasteiger partial charge in [0, 0.05) is 19.1 Å². The van der Waals surface area contributed by atoms with Gasteiger partial charge in [0.25, 0.3) is 0 Å². The van der Waals surface area contributed by atoms with Crippen molar-refractivity contribution < 1.29 is 4.39 Å². The monoisotopic (exact) mass is 327 g/mol. The van der Waals surface area contributed by atoms with E-state index < -0.39 is 0 Å². The van der Waals surface area contributed by atoms with Gasteiger partial charge in [-0.05, 0) is 59.8 Å². The van der Waals surface area contributed by atoms with E-state index in [0.29, 0.717) is 17.1 Å². The number of halogens is 2. The molecule has 1 aliphatic rings. The summed E-state index contributed by atoms with van der Waals surface area (Å²) in [6.45, 7) is 3.61. The van der Waals surface area contributed by atoms with E-state index in [9.17, 15) is 4.39 Å². The third-order valence-corrected chi connectivity index (χ3v) is 3.52. The Kier molecular flexibility index (Phi) is 5.19. The summed E-state index contributed by atoms with van der Waals surface area (Å²) >= 11 is 3.20. The molecule has 0 amide bonds. The van der Waals surface area contributed by atoms with Crippen LogP contribution in [0.25, 0.3) is 0 Å². The molecule has 1 aliphatic carbocycles. The average molecular weight is 328 g/mol. The molecule has 0 aliphatic heterocycles. The van der Waals surface area contributed by atoms with Gasteiger partial charge in [0.1, 0.15) is 5.82 Å². The molecule has 0 spiro atoms. The van der Waals surface area contributed by atoms with E-state index in [1.54, 1.807) is 6.07 Å². The van der Waals surface area contributed by atoms with E-state index in [4.69, 9.17) is 0 Å². The van der Waals surface area contributed by atoms with Crippen LogP contribution in [0.5, 0.6) is 0 Å². The topological polar surface area (TPSA) is 36.4 Å². The van der Waals surface area contributed by atoms with E-state index >= 15 is 0 Å². The molecule has 0 atom stereocenters. The van der Waals surface area contributed by atoms with Gasteiger partial charge >= 0.3 is 0 Å². The second kappa shape index (κ2) is 6.89. The lowest BCUT2D eigenvalue weighted by Crippen LogP contribution is -2.38. The normalized spacial score (nSPS) is 15.4. The largest absolute Gasteiger partial charge is 0.357 e. The van der Waals surface area contributed by atoms with E-state index in [1.165, 1.54) is 18.9 Å². The summed E-state index contributed by atoms with van der Waals surface area (Å²) in [5, 5.41) is 6.60. The van der Waals surface area contributed by atoms with Crippen LogP contribution in [-0.4, -0.2) is 25.1 Å². The van der Waals surface area contributed by atoms with Crippen molar-refractivity contribution in [1.29, 1.82) is 0 Å². The van der Waals surface area contributed by atoms with Crippen molar-refractivity contribution in [2.24, 2.45) is 4.99 Å². The van der Waals surface area contributed by atoms with Crippen molar-refractivity contribution in [3.05, 3.63) is 34.1 Å². The zero-order chi connectivity index (χ0) is 13.7. The SMILES string of the molecule is CCNC(=NCCc1ccc(F)c(Br)c1)NC1CC1. The maximum atomic E-state index is 13.1. The predicted molar refractivity (Wildman–Crippen MR) is 79.9 cm³/mol. The molecule has 0 unspecified atom stereocenters. The van der Waals surface area contributed by atoms with E-state index in [-0.39, 0.29) is 5.82 Å². The number of aliphatic imine (C=N–C) groups is 1. The fraction of sp³-hybridized carbons (Fsp3) is 0.500. The molecule has 0 bridgehead atoms. The highest BCUT2D eigenvalue weighted by Crippen LogP contribution is 2.18. The van der Waals surface area contributed by atoms with Crippen LogP contribution in [0.1, 0.15) is 25.3 Å². The Morgan fingerprint density at radius 3 is 2.89 bits per heavy atom. The number of benzene rings is 1. The fourth-order valence-electron chi connectivity index (χ4n) is 1.73. The van der Waals surface area contributed by atoms with Crippen molar-refractivity contribution >= 4 is 21.9 Å². The Morgan fingerprint density at radius 2 is 2.26 bits per heavy atom. The lowest BCUT2D eigenvalue weighted by molar-refractivity contribution is 0.620. The van der Waals surface area contributed by atoms with Crippen LogP contribution >= 0.6 is 15.9 Å². The van der Waals surface area contributed by atoms with Crippen molar-refractivity contribution in [3.63, 3.8) is 0 Å². The molecule has 0 aromatic heterocycles. The van der Waals surface area contributed by atoms with Crippen LogP contribution in [0.4, 0.5) is 4.39 Å².